The van der Waals surface area contributed by atoms with Crippen molar-refractivity contribution >= 4 is 21.8 Å². The van der Waals surface area contributed by atoms with Gasteiger partial charge in [0.15, 0.2) is 11.5 Å². The molecule has 0 aliphatic heterocycles. The fraction of sp³-hybridized carbons (Fsp3) is 0.263. The summed E-state index contributed by atoms with van der Waals surface area (Å²) in [6.45, 7) is 3.47. The van der Waals surface area contributed by atoms with E-state index in [9.17, 15) is 22.4 Å². The molecule has 0 saturated carbocycles. The van der Waals surface area contributed by atoms with Gasteiger partial charge in [0, 0.05) is 5.56 Å². The Morgan fingerprint density at radius 1 is 1.10 bits per heavy atom. The number of nitrogens with one attached hydrogen (secondary N) is 3. The Morgan fingerprint density at radius 3 is 2.43 bits per heavy atom. The molecule has 9 nitrogen and oxygen atoms in total. The quantitative estimate of drug-likeness (QED) is 0.534. The maximum atomic E-state index is 13.7. The van der Waals surface area contributed by atoms with E-state index in [0.29, 0.717) is 18.1 Å². The average Bonchev–Trinajstić information content (AvgIpc) is 2.72. The predicted octanol–water partition coefficient (Wildman–Crippen LogP) is 1.36. The first-order valence-corrected chi connectivity index (χ1v) is 10.4. The summed E-state index contributed by atoms with van der Waals surface area (Å²) in [4.78, 5) is 23.8. The molecule has 2 rings (SSSR count). The number of methoxy groups -OCH3 is 1. The van der Waals surface area contributed by atoms with Crippen LogP contribution < -0.4 is 25.0 Å². The van der Waals surface area contributed by atoms with E-state index in [4.69, 9.17) is 9.47 Å². The van der Waals surface area contributed by atoms with Crippen LogP contribution in [0.15, 0.2) is 47.4 Å². The van der Waals surface area contributed by atoms with E-state index in [0.717, 1.165) is 12.1 Å². The maximum absolute atomic E-state index is 13.7. The van der Waals surface area contributed by atoms with E-state index < -0.39 is 38.6 Å². The van der Waals surface area contributed by atoms with Crippen molar-refractivity contribution in [2.45, 2.75) is 24.8 Å². The van der Waals surface area contributed by atoms with E-state index in [1.165, 1.54) is 38.3 Å². The monoisotopic (exact) mass is 439 g/mol. The lowest BCUT2D eigenvalue weighted by Crippen LogP contribution is -2.51. The highest BCUT2D eigenvalue weighted by atomic mass is 32.2. The molecule has 0 radical (unpaired) electrons. The van der Waals surface area contributed by atoms with Gasteiger partial charge in [0.1, 0.15) is 10.7 Å². The molecule has 162 valence electrons. The van der Waals surface area contributed by atoms with Gasteiger partial charge in [-0.05, 0) is 44.2 Å². The normalized spacial score (nSPS) is 12.0. The number of sulfonamides is 1. The van der Waals surface area contributed by atoms with Crippen molar-refractivity contribution in [1.29, 1.82) is 0 Å². The second-order valence-electron chi connectivity index (χ2n) is 6.02. The first kappa shape index (κ1) is 23.1. The third kappa shape index (κ3) is 5.67. The molecule has 0 bridgehead atoms. The Hall–Kier alpha value is -3.18. The zero-order valence-corrected chi connectivity index (χ0v) is 17.4. The molecule has 2 amide bonds. The molecule has 11 heteroatoms. The van der Waals surface area contributed by atoms with E-state index >= 15 is 0 Å². The molecule has 0 aromatic heterocycles. The SMILES string of the molecule is CCOc1ccc(C(=O)NNC(=O)[C@H](C)NS(=O)(=O)c2ccccc2F)cc1OC. The van der Waals surface area contributed by atoms with Crippen LogP contribution in [-0.4, -0.2) is 40.0 Å². The molecule has 2 aromatic carbocycles. The van der Waals surface area contributed by atoms with Gasteiger partial charge in [-0.15, -0.1) is 0 Å². The Labute approximate surface area is 173 Å². The van der Waals surface area contributed by atoms with Gasteiger partial charge in [-0.25, -0.2) is 12.8 Å². The van der Waals surface area contributed by atoms with Crippen LogP contribution in [0.2, 0.25) is 0 Å². The highest BCUT2D eigenvalue weighted by molar-refractivity contribution is 7.89. The van der Waals surface area contributed by atoms with Crippen molar-refractivity contribution in [2.24, 2.45) is 0 Å². The standard InChI is InChI=1S/C19H22FN3O6S/c1-4-29-15-10-9-13(11-16(15)28-3)19(25)22-21-18(24)12(2)23-30(26,27)17-8-6-5-7-14(17)20/h5-12,23H,4H2,1-3H3,(H,21,24)(H,22,25)/t12-/m0/s1. The summed E-state index contributed by atoms with van der Waals surface area (Å²) in [5.41, 5.74) is 4.47. The maximum Gasteiger partial charge on any atom is 0.269 e. The topological polar surface area (TPSA) is 123 Å². The van der Waals surface area contributed by atoms with E-state index in [2.05, 4.69) is 10.9 Å². The van der Waals surface area contributed by atoms with Gasteiger partial charge < -0.3 is 9.47 Å². The van der Waals surface area contributed by atoms with Crippen molar-refractivity contribution in [3.05, 3.63) is 53.8 Å². The summed E-state index contributed by atoms with van der Waals surface area (Å²) in [6.07, 6.45) is 0. The third-order valence-corrected chi connectivity index (χ3v) is 5.45. The van der Waals surface area contributed by atoms with Crippen LogP contribution in [0.3, 0.4) is 0 Å². The largest absolute Gasteiger partial charge is 0.493 e. The van der Waals surface area contributed by atoms with E-state index in [-0.39, 0.29) is 5.56 Å². The Balaban J connectivity index is 1.99. The molecule has 0 unspecified atom stereocenters. The number of amides is 2. The minimum atomic E-state index is -4.27. The fourth-order valence-electron chi connectivity index (χ4n) is 2.39. The smallest absolute Gasteiger partial charge is 0.269 e. The molecule has 30 heavy (non-hydrogen) atoms. The van der Waals surface area contributed by atoms with Gasteiger partial charge >= 0.3 is 0 Å². The van der Waals surface area contributed by atoms with Crippen LogP contribution in [0.4, 0.5) is 4.39 Å². The summed E-state index contributed by atoms with van der Waals surface area (Å²) in [5.74, 6) is -1.66. The molecule has 0 aliphatic carbocycles. The second-order valence-corrected chi connectivity index (χ2v) is 7.70. The number of halogens is 1. The lowest BCUT2D eigenvalue weighted by molar-refractivity contribution is -0.123. The summed E-state index contributed by atoms with van der Waals surface area (Å²) < 4.78 is 50.8. The lowest BCUT2D eigenvalue weighted by atomic mass is 10.2. The lowest BCUT2D eigenvalue weighted by Gasteiger charge is -2.15. The van der Waals surface area contributed by atoms with Crippen molar-refractivity contribution in [3.63, 3.8) is 0 Å². The van der Waals surface area contributed by atoms with Crippen LogP contribution in [0, 0.1) is 5.82 Å². The Bertz CT molecular complexity index is 1030. The Kier molecular flexibility index (Phi) is 7.72. The number of hydrogen-bond acceptors (Lipinski definition) is 6. The number of ether oxygens (including phenoxy) is 2. The van der Waals surface area contributed by atoms with Crippen molar-refractivity contribution in [2.75, 3.05) is 13.7 Å². The molecular formula is C19H22FN3O6S. The Morgan fingerprint density at radius 2 is 1.80 bits per heavy atom. The number of hydrazine groups is 1. The van der Waals surface area contributed by atoms with E-state index in [1.54, 1.807) is 13.0 Å². The van der Waals surface area contributed by atoms with Gasteiger partial charge in [-0.3, -0.25) is 20.4 Å². The predicted molar refractivity (Wildman–Crippen MR) is 106 cm³/mol. The molecule has 0 saturated heterocycles. The molecule has 0 spiro atoms. The van der Waals surface area contributed by atoms with Crippen molar-refractivity contribution in [3.8, 4) is 11.5 Å². The van der Waals surface area contributed by atoms with Crippen molar-refractivity contribution < 1.29 is 31.9 Å². The van der Waals surface area contributed by atoms with Gasteiger partial charge in [0.05, 0.1) is 19.8 Å². The molecule has 0 heterocycles. The number of benzene rings is 2. The molecule has 0 aliphatic rings. The first-order chi connectivity index (χ1) is 14.2. The van der Waals surface area contributed by atoms with Gasteiger partial charge in [-0.1, -0.05) is 12.1 Å². The van der Waals surface area contributed by atoms with Crippen LogP contribution in [-0.2, 0) is 14.8 Å². The minimum absolute atomic E-state index is 0.176. The summed E-state index contributed by atoms with van der Waals surface area (Å²) >= 11 is 0. The third-order valence-electron chi connectivity index (χ3n) is 3.88. The van der Waals surface area contributed by atoms with Crippen LogP contribution in [0.5, 0.6) is 11.5 Å². The van der Waals surface area contributed by atoms with E-state index in [1.807, 2.05) is 4.72 Å². The molecular weight excluding hydrogens is 417 g/mol. The van der Waals surface area contributed by atoms with Crippen molar-refractivity contribution in [1.82, 2.24) is 15.6 Å². The second kappa shape index (κ2) is 10.0. The van der Waals surface area contributed by atoms with Gasteiger partial charge in [0.25, 0.3) is 11.8 Å². The summed E-state index contributed by atoms with van der Waals surface area (Å²) in [6, 6.07) is 7.92. The molecule has 2 aromatic rings. The summed E-state index contributed by atoms with van der Waals surface area (Å²) in [5, 5.41) is 0. The zero-order valence-electron chi connectivity index (χ0n) is 16.6. The first-order valence-electron chi connectivity index (χ1n) is 8.87. The number of hydrogen-bond donors (Lipinski definition) is 3. The average molecular weight is 439 g/mol. The molecule has 3 N–H and O–H groups in total. The summed E-state index contributed by atoms with van der Waals surface area (Å²) in [7, 11) is -2.85. The number of carbonyl (C=O) groups excluding carboxylic acids is 2. The van der Waals surface area contributed by atoms with Crippen LogP contribution >= 0.6 is 0 Å². The van der Waals surface area contributed by atoms with Crippen LogP contribution in [0.25, 0.3) is 0 Å². The minimum Gasteiger partial charge on any atom is -0.493 e. The number of rotatable bonds is 8. The number of carbonyl (C=O) groups is 2. The van der Waals surface area contributed by atoms with Crippen LogP contribution in [0.1, 0.15) is 24.2 Å². The van der Waals surface area contributed by atoms with Gasteiger partial charge in [0.2, 0.25) is 10.0 Å². The zero-order chi connectivity index (χ0) is 22.3. The highest BCUT2D eigenvalue weighted by Gasteiger charge is 2.24. The van der Waals surface area contributed by atoms with Gasteiger partial charge in [-0.2, -0.15) is 4.72 Å². The molecule has 1 atom stereocenters. The molecule has 0 fully saturated rings. The highest BCUT2D eigenvalue weighted by Crippen LogP contribution is 2.27. The fourth-order valence-corrected chi connectivity index (χ4v) is 3.68.